The fourth-order valence-electron chi connectivity index (χ4n) is 2.74. The third kappa shape index (κ3) is 4.24. The number of methoxy groups -OCH3 is 1. The van der Waals surface area contributed by atoms with E-state index < -0.39 is 10.0 Å². The lowest BCUT2D eigenvalue weighted by Gasteiger charge is -2.34. The minimum atomic E-state index is -3.66. The molecular formula is C17H27N3O4S. The van der Waals surface area contributed by atoms with Gasteiger partial charge in [-0.05, 0) is 43.5 Å². The molecule has 2 amide bonds. The van der Waals surface area contributed by atoms with E-state index in [1.54, 1.807) is 17.0 Å². The van der Waals surface area contributed by atoms with Crippen molar-refractivity contribution in [1.29, 1.82) is 0 Å². The van der Waals surface area contributed by atoms with E-state index >= 15 is 0 Å². The van der Waals surface area contributed by atoms with Gasteiger partial charge in [0.2, 0.25) is 10.0 Å². The second-order valence-corrected chi connectivity index (χ2v) is 8.12. The summed E-state index contributed by atoms with van der Waals surface area (Å²) in [4.78, 5) is 13.8. The number of ether oxygens (including phenoxy) is 1. The molecule has 8 heteroatoms. The Labute approximate surface area is 150 Å². The molecule has 1 fully saturated rings. The summed E-state index contributed by atoms with van der Waals surface area (Å²) >= 11 is 0. The van der Waals surface area contributed by atoms with Gasteiger partial charge in [0.1, 0.15) is 10.6 Å². The smallest absolute Gasteiger partial charge is 0.317 e. The highest BCUT2D eigenvalue weighted by atomic mass is 32.2. The maximum atomic E-state index is 13.0. The van der Waals surface area contributed by atoms with Gasteiger partial charge in [-0.1, -0.05) is 6.92 Å². The van der Waals surface area contributed by atoms with Crippen LogP contribution in [0.4, 0.5) is 4.79 Å². The summed E-state index contributed by atoms with van der Waals surface area (Å²) in [7, 11) is -2.19. The number of hydrogen-bond acceptors (Lipinski definition) is 4. The number of rotatable bonds is 5. The first kappa shape index (κ1) is 19.5. The summed E-state index contributed by atoms with van der Waals surface area (Å²) in [5.41, 5.74) is 1.88. The van der Waals surface area contributed by atoms with E-state index in [-0.39, 0.29) is 24.0 Å². The Kier molecular flexibility index (Phi) is 6.29. The average Bonchev–Trinajstić information content (AvgIpc) is 2.61. The number of nitrogens with zero attached hydrogens (tertiary/aromatic N) is 2. The number of aryl methyl sites for hydroxylation is 2. The first-order chi connectivity index (χ1) is 11.8. The van der Waals surface area contributed by atoms with Crippen molar-refractivity contribution in [3.8, 4) is 5.75 Å². The SMILES string of the molecule is CCCNC(=O)N1CCN(S(=O)(=O)c2cc(C)c(C)cc2OC)CC1. The summed E-state index contributed by atoms with van der Waals surface area (Å²) in [5.74, 6) is 0.353. The van der Waals surface area contributed by atoms with Crippen LogP contribution in [-0.2, 0) is 10.0 Å². The van der Waals surface area contributed by atoms with Gasteiger partial charge in [0.15, 0.2) is 0 Å². The maximum Gasteiger partial charge on any atom is 0.317 e. The second kappa shape index (κ2) is 8.05. The Morgan fingerprint density at radius 3 is 2.32 bits per heavy atom. The van der Waals surface area contributed by atoms with Crippen LogP contribution in [0, 0.1) is 13.8 Å². The van der Waals surface area contributed by atoms with Gasteiger partial charge in [0, 0.05) is 32.7 Å². The molecule has 1 saturated heterocycles. The molecule has 1 aliphatic rings. The zero-order valence-corrected chi connectivity index (χ0v) is 16.1. The number of hydrogen-bond donors (Lipinski definition) is 1. The monoisotopic (exact) mass is 369 g/mol. The van der Waals surface area contributed by atoms with Crippen molar-refractivity contribution >= 4 is 16.1 Å². The molecule has 0 aromatic heterocycles. The van der Waals surface area contributed by atoms with Crippen molar-refractivity contribution in [2.75, 3.05) is 39.8 Å². The van der Waals surface area contributed by atoms with Crippen molar-refractivity contribution in [3.05, 3.63) is 23.3 Å². The highest BCUT2D eigenvalue weighted by Gasteiger charge is 2.32. The van der Waals surface area contributed by atoms with Crippen molar-refractivity contribution in [3.63, 3.8) is 0 Å². The zero-order chi connectivity index (χ0) is 18.6. The van der Waals surface area contributed by atoms with Gasteiger partial charge >= 0.3 is 6.03 Å². The number of carbonyl (C=O) groups is 1. The minimum absolute atomic E-state index is 0.136. The minimum Gasteiger partial charge on any atom is -0.495 e. The standard InChI is InChI=1S/C17H27N3O4S/c1-5-6-18-17(21)19-7-9-20(10-8-19)25(22,23)16-12-14(3)13(2)11-15(16)24-4/h11-12H,5-10H2,1-4H3,(H,18,21). The fraction of sp³-hybridized carbons (Fsp3) is 0.588. The number of carbonyl (C=O) groups excluding carboxylic acids is 1. The van der Waals surface area contributed by atoms with Crippen LogP contribution in [0.15, 0.2) is 17.0 Å². The van der Waals surface area contributed by atoms with Crippen molar-refractivity contribution < 1.29 is 17.9 Å². The largest absolute Gasteiger partial charge is 0.495 e. The first-order valence-electron chi connectivity index (χ1n) is 8.49. The lowest BCUT2D eigenvalue weighted by atomic mass is 10.1. The average molecular weight is 369 g/mol. The van der Waals surface area contributed by atoms with E-state index in [4.69, 9.17) is 4.74 Å². The predicted octanol–water partition coefficient (Wildman–Crippen LogP) is 1.74. The Morgan fingerprint density at radius 2 is 1.76 bits per heavy atom. The van der Waals surface area contributed by atoms with Gasteiger partial charge in [-0.3, -0.25) is 0 Å². The van der Waals surface area contributed by atoms with Crippen LogP contribution >= 0.6 is 0 Å². The Morgan fingerprint density at radius 1 is 1.16 bits per heavy atom. The highest BCUT2D eigenvalue weighted by Crippen LogP contribution is 2.30. The Hall–Kier alpha value is -1.80. The topological polar surface area (TPSA) is 79.0 Å². The molecule has 25 heavy (non-hydrogen) atoms. The predicted molar refractivity (Wildman–Crippen MR) is 96.5 cm³/mol. The molecule has 1 N–H and O–H groups in total. The van der Waals surface area contributed by atoms with Gasteiger partial charge in [-0.2, -0.15) is 4.31 Å². The molecule has 0 saturated carbocycles. The number of urea groups is 1. The fourth-order valence-corrected chi connectivity index (χ4v) is 4.38. The Balaban J connectivity index is 2.15. The lowest BCUT2D eigenvalue weighted by molar-refractivity contribution is 0.172. The number of sulfonamides is 1. The number of amides is 2. The molecule has 140 valence electrons. The van der Waals surface area contributed by atoms with Gasteiger partial charge in [0.25, 0.3) is 0 Å². The third-order valence-electron chi connectivity index (χ3n) is 4.45. The van der Waals surface area contributed by atoms with Crippen LogP contribution in [-0.4, -0.2) is 63.5 Å². The second-order valence-electron chi connectivity index (χ2n) is 6.21. The normalized spacial score (nSPS) is 15.9. The van der Waals surface area contributed by atoms with E-state index in [0.717, 1.165) is 17.5 Å². The summed E-state index contributed by atoms with van der Waals surface area (Å²) in [6, 6.07) is 3.27. The van der Waals surface area contributed by atoms with Crippen molar-refractivity contribution in [2.24, 2.45) is 0 Å². The summed E-state index contributed by atoms with van der Waals surface area (Å²) in [6.07, 6.45) is 0.868. The molecular weight excluding hydrogens is 342 g/mol. The van der Waals surface area contributed by atoms with Gasteiger partial charge in [-0.15, -0.1) is 0 Å². The molecule has 2 rings (SSSR count). The molecule has 1 heterocycles. The molecule has 1 aliphatic heterocycles. The molecule has 0 spiro atoms. The molecule has 1 aromatic rings. The zero-order valence-electron chi connectivity index (χ0n) is 15.3. The van der Waals surface area contributed by atoms with Gasteiger partial charge < -0.3 is 15.0 Å². The molecule has 0 atom stereocenters. The van der Waals surface area contributed by atoms with E-state index in [1.807, 2.05) is 20.8 Å². The molecule has 7 nitrogen and oxygen atoms in total. The summed E-state index contributed by atoms with van der Waals surface area (Å²) < 4.78 is 32.7. The first-order valence-corrected chi connectivity index (χ1v) is 9.93. The molecule has 0 aliphatic carbocycles. The number of nitrogens with one attached hydrogen (secondary N) is 1. The van der Waals surface area contributed by atoms with Crippen LogP contribution in [0.5, 0.6) is 5.75 Å². The van der Waals surface area contributed by atoms with E-state index in [0.29, 0.717) is 25.4 Å². The van der Waals surface area contributed by atoms with Gasteiger partial charge in [-0.25, -0.2) is 13.2 Å². The quantitative estimate of drug-likeness (QED) is 0.857. The van der Waals surface area contributed by atoms with Crippen LogP contribution in [0.1, 0.15) is 24.5 Å². The van der Waals surface area contributed by atoms with E-state index in [9.17, 15) is 13.2 Å². The Bertz CT molecular complexity index is 726. The van der Waals surface area contributed by atoms with Gasteiger partial charge in [0.05, 0.1) is 7.11 Å². The highest BCUT2D eigenvalue weighted by molar-refractivity contribution is 7.89. The van der Waals surface area contributed by atoms with Crippen LogP contribution in [0.2, 0.25) is 0 Å². The van der Waals surface area contributed by atoms with E-state index in [1.165, 1.54) is 11.4 Å². The molecule has 0 radical (unpaired) electrons. The molecule has 0 bridgehead atoms. The van der Waals surface area contributed by atoms with Crippen LogP contribution in [0.25, 0.3) is 0 Å². The van der Waals surface area contributed by atoms with E-state index in [2.05, 4.69) is 5.32 Å². The van der Waals surface area contributed by atoms with Crippen LogP contribution in [0.3, 0.4) is 0 Å². The number of piperazine rings is 1. The molecule has 0 unspecified atom stereocenters. The van der Waals surface area contributed by atoms with Crippen molar-refractivity contribution in [2.45, 2.75) is 32.1 Å². The lowest BCUT2D eigenvalue weighted by Crippen LogP contribution is -2.53. The van der Waals surface area contributed by atoms with Crippen molar-refractivity contribution in [1.82, 2.24) is 14.5 Å². The maximum absolute atomic E-state index is 13.0. The summed E-state index contributed by atoms with van der Waals surface area (Å²) in [6.45, 7) is 7.71. The third-order valence-corrected chi connectivity index (χ3v) is 6.37. The molecule has 1 aromatic carbocycles. The summed E-state index contributed by atoms with van der Waals surface area (Å²) in [5, 5.41) is 2.82. The number of benzene rings is 1. The van der Waals surface area contributed by atoms with Crippen LogP contribution < -0.4 is 10.1 Å².